The van der Waals surface area contributed by atoms with Gasteiger partial charge in [0.05, 0.1) is 16.6 Å². The van der Waals surface area contributed by atoms with Gasteiger partial charge in [0.15, 0.2) is 0 Å². The van der Waals surface area contributed by atoms with Crippen molar-refractivity contribution in [2.24, 2.45) is 5.92 Å². The number of halogens is 2. The van der Waals surface area contributed by atoms with Crippen molar-refractivity contribution >= 4 is 39.4 Å². The monoisotopic (exact) mass is 492 g/mol. The lowest BCUT2D eigenvalue weighted by atomic mass is 10.1. The molecule has 2 amide bonds. The number of amides is 2. The third-order valence-corrected chi connectivity index (χ3v) is 7.15. The van der Waals surface area contributed by atoms with Crippen LogP contribution < -0.4 is 15.0 Å². The second-order valence-corrected chi connectivity index (χ2v) is 9.20. The number of anilines is 1. The minimum absolute atomic E-state index is 0.0806. The van der Waals surface area contributed by atoms with Crippen molar-refractivity contribution in [3.8, 4) is 5.75 Å². The number of nitrogens with one attached hydrogen (secondary N) is 1. The Bertz CT molecular complexity index is 895. The van der Waals surface area contributed by atoms with Gasteiger partial charge in [0, 0.05) is 44.5 Å². The Hall–Kier alpha value is -1.99. The van der Waals surface area contributed by atoms with E-state index >= 15 is 0 Å². The first-order valence-corrected chi connectivity index (χ1v) is 11.4. The van der Waals surface area contributed by atoms with E-state index in [4.69, 9.17) is 16.3 Å². The summed E-state index contributed by atoms with van der Waals surface area (Å²) in [5.41, 5.74) is 1.19. The second-order valence-electron chi connectivity index (χ2n) is 7.94. The maximum absolute atomic E-state index is 12.0. The molecule has 1 N–H and O–H groups in total. The van der Waals surface area contributed by atoms with E-state index in [1.165, 1.54) is 5.56 Å². The molecule has 1 aliphatic heterocycles. The number of carbonyl (C=O) groups excluding carboxylic acids is 1. The summed E-state index contributed by atoms with van der Waals surface area (Å²) in [6.45, 7) is 3.18. The lowest BCUT2D eigenvalue weighted by Gasteiger charge is -2.28. The summed E-state index contributed by atoms with van der Waals surface area (Å²) in [5, 5.41) is 3.57. The molecule has 30 heavy (non-hydrogen) atoms. The van der Waals surface area contributed by atoms with Crippen molar-refractivity contribution in [1.29, 1.82) is 0 Å². The summed E-state index contributed by atoms with van der Waals surface area (Å²) in [5.74, 6) is 2.21. The summed E-state index contributed by atoms with van der Waals surface area (Å²) < 4.78 is 6.07. The van der Waals surface area contributed by atoms with Crippen LogP contribution >= 0.6 is 27.5 Å². The summed E-state index contributed by atoms with van der Waals surface area (Å²) in [6.07, 6.45) is 4.95. The first-order valence-electron chi connectivity index (χ1n) is 10.3. The van der Waals surface area contributed by atoms with Gasteiger partial charge in [0.2, 0.25) is 0 Å². The van der Waals surface area contributed by atoms with Crippen LogP contribution in [-0.4, -0.2) is 48.7 Å². The number of carbonyl (C=O) groups is 1. The standard InChI is InChI=1S/C22H26BrClN4O2/c1-30-18-6-3-15(4-7-18)13-27(21-11-20(24)19(23)12-26-21)14-16-2-5-17(10-16)28-9-8-25-22(28)29/h3-4,6-7,11-12,16-17H,2,5,8-10,13-14H2,1H3,(H,25,29). The maximum atomic E-state index is 12.0. The predicted octanol–water partition coefficient (Wildman–Crippen LogP) is 4.71. The third kappa shape index (κ3) is 4.83. The van der Waals surface area contributed by atoms with Gasteiger partial charge in [0.25, 0.3) is 0 Å². The number of methoxy groups -OCH3 is 1. The normalized spacial score (nSPS) is 21.0. The number of rotatable bonds is 7. The van der Waals surface area contributed by atoms with Crippen LogP contribution in [0.1, 0.15) is 24.8 Å². The van der Waals surface area contributed by atoms with Crippen molar-refractivity contribution in [3.05, 3.63) is 51.6 Å². The van der Waals surface area contributed by atoms with E-state index in [-0.39, 0.29) is 6.03 Å². The van der Waals surface area contributed by atoms with Gasteiger partial charge in [0.1, 0.15) is 11.6 Å². The predicted molar refractivity (Wildman–Crippen MR) is 122 cm³/mol. The van der Waals surface area contributed by atoms with E-state index in [2.05, 4.69) is 43.3 Å². The number of aromatic nitrogens is 1. The Labute approximate surface area is 190 Å². The van der Waals surface area contributed by atoms with Crippen molar-refractivity contribution in [2.45, 2.75) is 31.8 Å². The molecule has 1 saturated carbocycles. The van der Waals surface area contributed by atoms with Gasteiger partial charge in [-0.15, -0.1) is 0 Å². The Morgan fingerprint density at radius 1 is 1.33 bits per heavy atom. The minimum atomic E-state index is 0.0806. The third-order valence-electron chi connectivity index (χ3n) is 5.97. The van der Waals surface area contributed by atoms with Crippen molar-refractivity contribution in [2.75, 3.05) is 31.6 Å². The van der Waals surface area contributed by atoms with E-state index in [9.17, 15) is 4.79 Å². The number of ether oxygens (including phenoxy) is 1. The summed E-state index contributed by atoms with van der Waals surface area (Å²) in [7, 11) is 1.67. The molecule has 0 bridgehead atoms. The van der Waals surface area contributed by atoms with Crippen LogP contribution in [-0.2, 0) is 6.54 Å². The fourth-order valence-electron chi connectivity index (χ4n) is 4.41. The molecule has 0 spiro atoms. The summed E-state index contributed by atoms with van der Waals surface area (Å²) in [4.78, 5) is 20.9. The van der Waals surface area contributed by atoms with E-state index in [0.29, 0.717) is 17.0 Å². The Kier molecular flexibility index (Phi) is 6.68. The molecular formula is C22H26BrClN4O2. The van der Waals surface area contributed by atoms with Crippen LogP contribution in [0.5, 0.6) is 5.75 Å². The molecule has 8 heteroatoms. The number of hydrogen-bond donors (Lipinski definition) is 1. The Morgan fingerprint density at radius 3 is 2.80 bits per heavy atom. The van der Waals surface area contributed by atoms with Gasteiger partial charge in [-0.1, -0.05) is 23.7 Å². The van der Waals surface area contributed by atoms with Crippen LogP contribution in [0.4, 0.5) is 10.6 Å². The zero-order valence-corrected chi connectivity index (χ0v) is 19.3. The van der Waals surface area contributed by atoms with Gasteiger partial charge < -0.3 is 19.9 Å². The zero-order valence-electron chi connectivity index (χ0n) is 17.0. The van der Waals surface area contributed by atoms with Crippen molar-refractivity contribution in [1.82, 2.24) is 15.2 Å². The first kappa shape index (κ1) is 21.2. The van der Waals surface area contributed by atoms with E-state index in [1.54, 1.807) is 13.3 Å². The van der Waals surface area contributed by atoms with E-state index in [0.717, 1.165) is 61.5 Å². The quantitative estimate of drug-likeness (QED) is 0.607. The highest BCUT2D eigenvalue weighted by atomic mass is 79.9. The Balaban J connectivity index is 1.49. The molecule has 0 radical (unpaired) electrons. The molecule has 2 aliphatic rings. The Morgan fingerprint density at radius 2 is 2.13 bits per heavy atom. The van der Waals surface area contributed by atoms with Crippen molar-refractivity contribution < 1.29 is 9.53 Å². The molecule has 2 unspecified atom stereocenters. The zero-order chi connectivity index (χ0) is 21.1. The number of hydrogen-bond acceptors (Lipinski definition) is 4. The molecule has 6 nitrogen and oxygen atoms in total. The molecule has 2 aromatic rings. The topological polar surface area (TPSA) is 57.7 Å². The molecule has 4 rings (SSSR count). The summed E-state index contributed by atoms with van der Waals surface area (Å²) in [6, 6.07) is 10.4. The highest BCUT2D eigenvalue weighted by Gasteiger charge is 2.34. The molecule has 2 atom stereocenters. The largest absolute Gasteiger partial charge is 0.497 e. The fourth-order valence-corrected chi connectivity index (χ4v) is 4.77. The molecule has 160 valence electrons. The number of nitrogens with zero attached hydrogens (tertiary/aromatic N) is 3. The number of benzene rings is 1. The molecule has 1 aromatic heterocycles. The van der Waals surface area contributed by atoms with E-state index in [1.807, 2.05) is 23.1 Å². The molecule has 1 aromatic carbocycles. The molecule has 2 heterocycles. The highest BCUT2D eigenvalue weighted by Crippen LogP contribution is 2.33. The average Bonchev–Trinajstić information content (AvgIpc) is 3.38. The lowest BCUT2D eigenvalue weighted by Crippen LogP contribution is -2.37. The summed E-state index contributed by atoms with van der Waals surface area (Å²) >= 11 is 9.79. The first-order chi connectivity index (χ1) is 14.5. The lowest BCUT2D eigenvalue weighted by molar-refractivity contribution is 0.197. The van der Waals surface area contributed by atoms with Crippen LogP contribution in [0.2, 0.25) is 5.02 Å². The van der Waals surface area contributed by atoms with Gasteiger partial charge in [-0.2, -0.15) is 0 Å². The van der Waals surface area contributed by atoms with Gasteiger partial charge in [-0.05, 0) is 58.8 Å². The number of urea groups is 1. The van der Waals surface area contributed by atoms with Gasteiger partial charge in [-0.3, -0.25) is 0 Å². The number of pyridine rings is 1. The maximum Gasteiger partial charge on any atom is 0.317 e. The van der Waals surface area contributed by atoms with Crippen LogP contribution in [0, 0.1) is 5.92 Å². The molecule has 2 fully saturated rings. The average molecular weight is 494 g/mol. The second kappa shape index (κ2) is 9.43. The minimum Gasteiger partial charge on any atom is -0.497 e. The molecular weight excluding hydrogens is 468 g/mol. The fraction of sp³-hybridized carbons (Fsp3) is 0.455. The SMILES string of the molecule is COc1ccc(CN(CC2CCC(N3CCNC3=O)C2)c2cc(Cl)c(Br)cn2)cc1. The molecule has 1 saturated heterocycles. The van der Waals surface area contributed by atoms with E-state index < -0.39 is 0 Å². The van der Waals surface area contributed by atoms with Gasteiger partial charge >= 0.3 is 6.03 Å². The highest BCUT2D eigenvalue weighted by molar-refractivity contribution is 9.10. The molecule has 1 aliphatic carbocycles. The van der Waals surface area contributed by atoms with Crippen LogP contribution in [0.25, 0.3) is 0 Å². The van der Waals surface area contributed by atoms with Crippen LogP contribution in [0.15, 0.2) is 41.0 Å². The smallest absolute Gasteiger partial charge is 0.317 e. The van der Waals surface area contributed by atoms with Crippen molar-refractivity contribution in [3.63, 3.8) is 0 Å². The van der Waals surface area contributed by atoms with Crippen LogP contribution in [0.3, 0.4) is 0 Å². The van der Waals surface area contributed by atoms with Gasteiger partial charge in [-0.25, -0.2) is 9.78 Å².